The number of halogens is 2. The molecule has 0 aliphatic carbocycles. The molecule has 0 atom stereocenters. The molecule has 2 aromatic rings. The van der Waals surface area contributed by atoms with Crippen molar-refractivity contribution < 1.29 is 18.8 Å². The summed E-state index contributed by atoms with van der Waals surface area (Å²) in [6, 6.07) is 4.30. The van der Waals surface area contributed by atoms with Gasteiger partial charge in [-0.15, -0.1) is 0 Å². The molecule has 6 heteroatoms. The summed E-state index contributed by atoms with van der Waals surface area (Å²) >= 11 is 5.66. The van der Waals surface area contributed by atoms with Crippen LogP contribution in [-0.4, -0.2) is 16.2 Å². The molecule has 4 nitrogen and oxygen atoms in total. The molecule has 1 N–H and O–H groups in total. The molecular formula is C12H9ClFNO3. The van der Waals surface area contributed by atoms with E-state index in [0.29, 0.717) is 6.42 Å². The van der Waals surface area contributed by atoms with E-state index in [0.717, 1.165) is 0 Å². The van der Waals surface area contributed by atoms with Gasteiger partial charge in [0.1, 0.15) is 11.3 Å². The van der Waals surface area contributed by atoms with Crippen molar-refractivity contribution in [2.45, 2.75) is 13.3 Å². The summed E-state index contributed by atoms with van der Waals surface area (Å²) in [7, 11) is 0. The van der Waals surface area contributed by atoms with E-state index < -0.39 is 11.8 Å². The second-order valence-corrected chi connectivity index (χ2v) is 4.00. The number of hydrogen-bond donors (Lipinski definition) is 1. The number of aryl methyl sites for hydroxylation is 1. The molecule has 1 aromatic carbocycles. The number of carbonyl (C=O) groups is 1. The largest absolute Gasteiger partial charge is 0.477 e. The zero-order chi connectivity index (χ0) is 13.3. The maximum Gasteiger partial charge on any atom is 0.341 e. The Labute approximate surface area is 107 Å². The van der Waals surface area contributed by atoms with Gasteiger partial charge in [-0.3, -0.25) is 0 Å². The minimum Gasteiger partial charge on any atom is -0.477 e. The molecule has 94 valence electrons. The number of nitrogens with zero attached hydrogens (tertiary/aromatic N) is 1. The van der Waals surface area contributed by atoms with Crippen molar-refractivity contribution in [2.75, 3.05) is 0 Å². The van der Waals surface area contributed by atoms with Crippen LogP contribution in [0.5, 0.6) is 0 Å². The molecule has 18 heavy (non-hydrogen) atoms. The van der Waals surface area contributed by atoms with Gasteiger partial charge in [0.15, 0.2) is 11.6 Å². The Morgan fingerprint density at radius 1 is 1.56 bits per heavy atom. The van der Waals surface area contributed by atoms with Crippen LogP contribution in [0.25, 0.3) is 11.3 Å². The van der Waals surface area contributed by atoms with E-state index in [1.165, 1.54) is 18.2 Å². The van der Waals surface area contributed by atoms with Crippen LogP contribution < -0.4 is 0 Å². The predicted octanol–water partition coefficient (Wildman–Crippen LogP) is 3.39. The minimum absolute atomic E-state index is 0.0170. The summed E-state index contributed by atoms with van der Waals surface area (Å²) in [5, 5.41) is 12.7. The number of aromatic nitrogens is 1. The zero-order valence-corrected chi connectivity index (χ0v) is 10.2. The smallest absolute Gasteiger partial charge is 0.341 e. The molecule has 1 heterocycles. The second kappa shape index (κ2) is 4.78. The van der Waals surface area contributed by atoms with Crippen LogP contribution in [0.15, 0.2) is 22.7 Å². The van der Waals surface area contributed by atoms with E-state index in [9.17, 15) is 9.18 Å². The highest BCUT2D eigenvalue weighted by atomic mass is 35.5. The highest BCUT2D eigenvalue weighted by Gasteiger charge is 2.24. The molecule has 0 unspecified atom stereocenters. The fourth-order valence-corrected chi connectivity index (χ4v) is 1.83. The van der Waals surface area contributed by atoms with Crippen molar-refractivity contribution in [3.8, 4) is 11.3 Å². The van der Waals surface area contributed by atoms with E-state index in [2.05, 4.69) is 5.16 Å². The van der Waals surface area contributed by atoms with Crippen molar-refractivity contribution in [2.24, 2.45) is 0 Å². The van der Waals surface area contributed by atoms with Crippen LogP contribution in [0.1, 0.15) is 23.0 Å². The number of carboxylic acids is 1. The normalized spacial score (nSPS) is 10.6. The second-order valence-electron chi connectivity index (χ2n) is 3.59. The lowest BCUT2D eigenvalue weighted by atomic mass is 10.0. The Hall–Kier alpha value is -1.88. The van der Waals surface area contributed by atoms with Crippen LogP contribution in [0.3, 0.4) is 0 Å². The van der Waals surface area contributed by atoms with E-state index in [1.807, 2.05) is 0 Å². The zero-order valence-electron chi connectivity index (χ0n) is 9.41. The SMILES string of the molecule is CCc1onc(-c2cccc(Cl)c2F)c1C(=O)O. The third-order valence-electron chi connectivity index (χ3n) is 2.50. The van der Waals surface area contributed by atoms with Gasteiger partial charge < -0.3 is 9.63 Å². The monoisotopic (exact) mass is 269 g/mol. The molecule has 0 amide bonds. The number of carboxylic acid groups (broad SMARTS) is 1. The van der Waals surface area contributed by atoms with Crippen LogP contribution in [-0.2, 0) is 6.42 Å². The molecule has 0 radical (unpaired) electrons. The summed E-state index contributed by atoms with van der Waals surface area (Å²) in [6.45, 7) is 1.73. The van der Waals surface area contributed by atoms with Gasteiger partial charge in [0.05, 0.1) is 5.02 Å². The van der Waals surface area contributed by atoms with Crippen LogP contribution in [0.4, 0.5) is 4.39 Å². The number of rotatable bonds is 3. The lowest BCUT2D eigenvalue weighted by molar-refractivity contribution is 0.0695. The first-order valence-electron chi connectivity index (χ1n) is 5.22. The van der Waals surface area contributed by atoms with Crippen molar-refractivity contribution in [3.63, 3.8) is 0 Å². The van der Waals surface area contributed by atoms with Gasteiger partial charge in [-0.05, 0) is 12.1 Å². The topological polar surface area (TPSA) is 63.3 Å². The van der Waals surface area contributed by atoms with E-state index in [4.69, 9.17) is 21.2 Å². The maximum absolute atomic E-state index is 13.8. The lowest BCUT2D eigenvalue weighted by Gasteiger charge is -2.02. The number of hydrogen-bond acceptors (Lipinski definition) is 3. The van der Waals surface area contributed by atoms with E-state index in [-0.39, 0.29) is 27.6 Å². The Morgan fingerprint density at radius 3 is 2.89 bits per heavy atom. The number of aromatic carboxylic acids is 1. The summed E-state index contributed by atoms with van der Waals surface area (Å²) in [5.74, 6) is -1.71. The van der Waals surface area contributed by atoms with E-state index in [1.54, 1.807) is 6.92 Å². The molecule has 0 spiro atoms. The minimum atomic E-state index is -1.21. The maximum atomic E-state index is 13.8. The van der Waals surface area contributed by atoms with Crippen molar-refractivity contribution >= 4 is 17.6 Å². The number of benzene rings is 1. The third kappa shape index (κ3) is 1.97. The Bertz CT molecular complexity index is 609. The van der Waals surface area contributed by atoms with Crippen LogP contribution >= 0.6 is 11.6 Å². The molecule has 0 saturated carbocycles. The van der Waals surface area contributed by atoms with Gasteiger partial charge >= 0.3 is 5.97 Å². The Balaban J connectivity index is 2.68. The van der Waals surface area contributed by atoms with Gasteiger partial charge in [-0.25, -0.2) is 9.18 Å². The summed E-state index contributed by atoms with van der Waals surface area (Å²) in [4.78, 5) is 11.2. The lowest BCUT2D eigenvalue weighted by Crippen LogP contribution is -2.01. The molecule has 0 aliphatic rings. The standard InChI is InChI=1S/C12H9ClFNO3/c1-2-8-9(12(16)17)11(15-18-8)6-4-3-5-7(13)10(6)14/h3-5H,2H2,1H3,(H,16,17). The highest BCUT2D eigenvalue weighted by molar-refractivity contribution is 6.31. The van der Waals surface area contributed by atoms with Gasteiger partial charge in [0.25, 0.3) is 0 Å². The van der Waals surface area contributed by atoms with Gasteiger partial charge in [0, 0.05) is 12.0 Å². The Morgan fingerprint density at radius 2 is 2.28 bits per heavy atom. The average Bonchev–Trinajstić information content (AvgIpc) is 2.76. The highest BCUT2D eigenvalue weighted by Crippen LogP contribution is 2.31. The molecule has 0 aliphatic heterocycles. The first-order chi connectivity index (χ1) is 8.56. The van der Waals surface area contributed by atoms with Gasteiger partial charge in [-0.2, -0.15) is 0 Å². The first kappa shape index (κ1) is 12.6. The third-order valence-corrected chi connectivity index (χ3v) is 2.80. The first-order valence-corrected chi connectivity index (χ1v) is 5.60. The van der Waals surface area contributed by atoms with Crippen molar-refractivity contribution in [3.05, 3.63) is 40.4 Å². The fraction of sp³-hybridized carbons (Fsp3) is 0.167. The van der Waals surface area contributed by atoms with Gasteiger partial charge in [-0.1, -0.05) is 29.7 Å². The molecular weight excluding hydrogens is 261 g/mol. The summed E-state index contributed by atoms with van der Waals surface area (Å²) < 4.78 is 18.8. The average molecular weight is 270 g/mol. The van der Waals surface area contributed by atoms with Crippen molar-refractivity contribution in [1.82, 2.24) is 5.16 Å². The molecule has 1 aromatic heterocycles. The molecule has 0 fully saturated rings. The Kier molecular flexibility index (Phi) is 3.34. The van der Waals surface area contributed by atoms with Gasteiger partial charge in [0.2, 0.25) is 0 Å². The molecule has 0 saturated heterocycles. The van der Waals surface area contributed by atoms with Crippen molar-refractivity contribution in [1.29, 1.82) is 0 Å². The predicted molar refractivity (Wildman–Crippen MR) is 63.2 cm³/mol. The van der Waals surface area contributed by atoms with E-state index >= 15 is 0 Å². The molecule has 0 bridgehead atoms. The summed E-state index contributed by atoms with van der Waals surface area (Å²) in [6.07, 6.45) is 0.358. The fourth-order valence-electron chi connectivity index (χ4n) is 1.66. The summed E-state index contributed by atoms with van der Waals surface area (Å²) in [5.41, 5.74) is -0.152. The molecule has 2 rings (SSSR count). The van der Waals surface area contributed by atoms with Crippen LogP contribution in [0.2, 0.25) is 5.02 Å². The van der Waals surface area contributed by atoms with Crippen LogP contribution in [0, 0.1) is 5.82 Å². The quantitative estimate of drug-likeness (QED) is 0.927.